The van der Waals surface area contributed by atoms with Gasteiger partial charge in [-0.1, -0.05) is 17.7 Å². The first-order valence-corrected chi connectivity index (χ1v) is 10.7. The zero-order chi connectivity index (χ0) is 21.6. The van der Waals surface area contributed by atoms with Gasteiger partial charge in [-0.05, 0) is 32.9 Å². The van der Waals surface area contributed by atoms with Crippen molar-refractivity contribution in [2.45, 2.75) is 38.1 Å². The van der Waals surface area contributed by atoms with Crippen LogP contribution in [0.4, 0.5) is 4.79 Å². The molecule has 1 aliphatic rings. The highest BCUT2D eigenvalue weighted by Crippen LogP contribution is 2.16. The average Bonchev–Trinajstić information content (AvgIpc) is 2.64. The van der Waals surface area contributed by atoms with E-state index in [4.69, 9.17) is 9.47 Å². The number of hydrogen-bond donors (Lipinski definition) is 2. The van der Waals surface area contributed by atoms with Gasteiger partial charge in [0.05, 0.1) is 41.0 Å². The number of benzene rings is 1. The summed E-state index contributed by atoms with van der Waals surface area (Å²) in [6.07, 6.45) is -0.361. The molecular weight excluding hydrogens is 400 g/mol. The van der Waals surface area contributed by atoms with Crippen molar-refractivity contribution in [1.29, 1.82) is 0 Å². The average molecular weight is 424 g/mol. The fraction of sp³-hybridized carbons (Fsp3) is 0.421. The van der Waals surface area contributed by atoms with E-state index >= 15 is 0 Å². The molecule has 0 radical (unpaired) electrons. The van der Waals surface area contributed by atoms with Crippen LogP contribution in [0, 0.1) is 6.92 Å². The van der Waals surface area contributed by atoms with E-state index in [1.54, 1.807) is 26.0 Å². The number of amides is 2. The number of sulfone groups is 1. The highest BCUT2D eigenvalue weighted by molar-refractivity contribution is 7.91. The van der Waals surface area contributed by atoms with Crippen LogP contribution in [0.1, 0.15) is 25.8 Å². The van der Waals surface area contributed by atoms with E-state index in [0.29, 0.717) is 0 Å². The molecule has 29 heavy (non-hydrogen) atoms. The fourth-order valence-corrected chi connectivity index (χ4v) is 3.92. The summed E-state index contributed by atoms with van der Waals surface area (Å²) < 4.78 is 34.7. The quantitative estimate of drug-likeness (QED) is 0.601. The smallest absolute Gasteiger partial charge is 0.338 e. The molecule has 10 heteroatoms. The van der Waals surface area contributed by atoms with Crippen LogP contribution in [0.2, 0.25) is 0 Å². The van der Waals surface area contributed by atoms with Crippen molar-refractivity contribution in [3.8, 4) is 0 Å². The number of esters is 2. The van der Waals surface area contributed by atoms with Crippen molar-refractivity contribution in [1.82, 2.24) is 10.6 Å². The molecule has 1 aromatic rings. The molecule has 2 amide bonds. The van der Waals surface area contributed by atoms with Crippen LogP contribution in [0.25, 0.3) is 0 Å². The minimum Gasteiger partial charge on any atom is -0.463 e. The van der Waals surface area contributed by atoms with Crippen LogP contribution < -0.4 is 10.6 Å². The van der Waals surface area contributed by atoms with Gasteiger partial charge in [0.2, 0.25) is 0 Å². The SMILES string of the molecule is CCOC(=O)C1=C(COC(=O)CCS(=O)(=O)c2ccc(C)cc2)NC(=O)N[C@@H]1C. The largest absolute Gasteiger partial charge is 0.463 e. The van der Waals surface area contributed by atoms with Crippen LogP contribution in [-0.2, 0) is 28.9 Å². The Morgan fingerprint density at radius 1 is 1.14 bits per heavy atom. The number of rotatable bonds is 8. The molecule has 9 nitrogen and oxygen atoms in total. The molecular formula is C19H24N2O7S. The molecule has 0 aliphatic carbocycles. The van der Waals surface area contributed by atoms with Crippen LogP contribution >= 0.6 is 0 Å². The van der Waals surface area contributed by atoms with Crippen molar-refractivity contribution in [2.75, 3.05) is 19.0 Å². The van der Waals surface area contributed by atoms with E-state index in [2.05, 4.69) is 10.6 Å². The molecule has 2 rings (SSSR count). The molecule has 1 aromatic carbocycles. The van der Waals surface area contributed by atoms with Gasteiger partial charge in [0.1, 0.15) is 6.61 Å². The maximum atomic E-state index is 12.3. The minimum absolute atomic E-state index is 0.106. The summed E-state index contributed by atoms with van der Waals surface area (Å²) in [7, 11) is -3.63. The first kappa shape index (κ1) is 22.4. The lowest BCUT2D eigenvalue weighted by molar-refractivity contribution is -0.143. The monoisotopic (exact) mass is 424 g/mol. The summed E-state index contributed by atoms with van der Waals surface area (Å²) in [5.74, 6) is -1.82. The van der Waals surface area contributed by atoms with Crippen LogP contribution in [0.3, 0.4) is 0 Å². The zero-order valence-corrected chi connectivity index (χ0v) is 17.3. The molecule has 0 unspecified atom stereocenters. The van der Waals surface area contributed by atoms with Crippen molar-refractivity contribution in [2.24, 2.45) is 0 Å². The number of urea groups is 1. The number of aryl methyl sites for hydroxylation is 1. The van der Waals surface area contributed by atoms with Gasteiger partial charge in [-0.25, -0.2) is 18.0 Å². The predicted molar refractivity (Wildman–Crippen MR) is 104 cm³/mol. The summed E-state index contributed by atoms with van der Waals surface area (Å²) >= 11 is 0. The number of carbonyl (C=O) groups excluding carboxylic acids is 3. The first-order chi connectivity index (χ1) is 13.6. The van der Waals surface area contributed by atoms with Gasteiger partial charge in [0, 0.05) is 0 Å². The Balaban J connectivity index is 2.00. The molecule has 0 bridgehead atoms. The molecule has 0 fully saturated rings. The molecule has 0 aromatic heterocycles. The van der Waals surface area contributed by atoms with Crippen LogP contribution in [0.5, 0.6) is 0 Å². The van der Waals surface area contributed by atoms with Gasteiger partial charge >= 0.3 is 18.0 Å². The molecule has 1 heterocycles. The van der Waals surface area contributed by atoms with Crippen LogP contribution in [-0.4, -0.2) is 51.4 Å². The van der Waals surface area contributed by atoms with Gasteiger partial charge in [-0.2, -0.15) is 0 Å². The van der Waals surface area contributed by atoms with Crippen molar-refractivity contribution in [3.05, 3.63) is 41.1 Å². The highest BCUT2D eigenvalue weighted by Gasteiger charge is 2.30. The lowest BCUT2D eigenvalue weighted by Gasteiger charge is -2.26. The Morgan fingerprint density at radius 3 is 2.41 bits per heavy atom. The topological polar surface area (TPSA) is 128 Å². The van der Waals surface area contributed by atoms with E-state index in [1.165, 1.54) is 12.1 Å². The minimum atomic E-state index is -3.63. The number of carbonyl (C=O) groups is 3. The second kappa shape index (κ2) is 9.55. The zero-order valence-electron chi connectivity index (χ0n) is 16.5. The van der Waals surface area contributed by atoms with Crippen molar-refractivity contribution in [3.63, 3.8) is 0 Å². The maximum Gasteiger partial charge on any atom is 0.338 e. The third-order valence-corrected chi connectivity index (χ3v) is 5.93. The van der Waals surface area contributed by atoms with Crippen LogP contribution in [0.15, 0.2) is 40.4 Å². The predicted octanol–water partition coefficient (Wildman–Crippen LogP) is 1.22. The molecule has 0 saturated carbocycles. The molecule has 0 saturated heterocycles. The first-order valence-electron chi connectivity index (χ1n) is 9.06. The van der Waals surface area contributed by atoms with Gasteiger partial charge in [-0.15, -0.1) is 0 Å². The molecule has 1 aliphatic heterocycles. The molecule has 158 valence electrons. The highest BCUT2D eigenvalue weighted by atomic mass is 32.2. The summed E-state index contributed by atoms with van der Waals surface area (Å²) in [5.41, 5.74) is 1.17. The number of hydrogen-bond acceptors (Lipinski definition) is 7. The van der Waals surface area contributed by atoms with Gasteiger partial charge in [0.15, 0.2) is 9.84 Å². The summed E-state index contributed by atoms with van der Waals surface area (Å²) in [5, 5.41) is 4.95. The summed E-state index contributed by atoms with van der Waals surface area (Å²) in [6, 6.07) is 5.15. The third-order valence-electron chi connectivity index (χ3n) is 4.20. The summed E-state index contributed by atoms with van der Waals surface area (Å²) in [4.78, 5) is 35.9. The van der Waals surface area contributed by atoms with Gasteiger partial charge in [0.25, 0.3) is 0 Å². The van der Waals surface area contributed by atoms with E-state index < -0.39 is 39.6 Å². The van der Waals surface area contributed by atoms with Gasteiger partial charge < -0.3 is 20.1 Å². The second-order valence-corrected chi connectivity index (χ2v) is 8.58. The van der Waals surface area contributed by atoms with Crippen molar-refractivity contribution < 1.29 is 32.3 Å². The lowest BCUT2D eigenvalue weighted by Crippen LogP contribution is -2.50. The van der Waals surface area contributed by atoms with E-state index in [9.17, 15) is 22.8 Å². The molecule has 0 spiro atoms. The molecule has 1 atom stereocenters. The Kier molecular flexibility index (Phi) is 7.38. The second-order valence-electron chi connectivity index (χ2n) is 6.48. The normalized spacial score (nSPS) is 16.7. The Hall–Kier alpha value is -2.88. The maximum absolute atomic E-state index is 12.3. The van der Waals surface area contributed by atoms with E-state index in [0.717, 1.165) is 5.56 Å². The summed E-state index contributed by atoms with van der Waals surface area (Å²) in [6.45, 7) is 4.85. The Morgan fingerprint density at radius 2 is 1.79 bits per heavy atom. The van der Waals surface area contributed by atoms with E-state index in [1.807, 2.05) is 6.92 Å². The number of nitrogens with one attached hydrogen (secondary N) is 2. The lowest BCUT2D eigenvalue weighted by atomic mass is 10.0. The van der Waals surface area contributed by atoms with Crippen molar-refractivity contribution >= 4 is 27.8 Å². The standard InChI is InChI=1S/C19H24N2O7S/c1-4-27-18(23)17-13(3)20-19(24)21-15(17)11-28-16(22)9-10-29(25,26)14-7-5-12(2)6-8-14/h5-8,13H,4,9-11H2,1-3H3,(H2,20,21,24)/t13-/m1/s1. The molecule has 2 N–H and O–H groups in total. The number of ether oxygens (including phenoxy) is 2. The fourth-order valence-electron chi connectivity index (χ4n) is 2.70. The third kappa shape index (κ3) is 6.05. The van der Waals surface area contributed by atoms with Gasteiger partial charge in [-0.3, -0.25) is 4.79 Å². The Bertz CT molecular complexity index is 920. The van der Waals surface area contributed by atoms with E-state index in [-0.39, 0.29) is 35.8 Å². The Labute approximate surface area is 169 Å².